The van der Waals surface area contributed by atoms with Crippen LogP contribution >= 0.6 is 0 Å². The Kier molecular flexibility index (Phi) is 5.81. The predicted molar refractivity (Wildman–Crippen MR) is 115 cm³/mol. The van der Waals surface area contributed by atoms with E-state index in [4.69, 9.17) is 4.98 Å². The molecule has 1 amide bonds. The van der Waals surface area contributed by atoms with Crippen molar-refractivity contribution in [2.45, 2.75) is 32.6 Å². The summed E-state index contributed by atoms with van der Waals surface area (Å²) in [5.74, 6) is 0.872. The van der Waals surface area contributed by atoms with Gasteiger partial charge in [-0.1, -0.05) is 25.1 Å². The number of piperidine rings is 1. The Labute approximate surface area is 168 Å². The Morgan fingerprint density at radius 3 is 2.50 bits per heavy atom. The number of hydrogen-bond donors (Lipinski definition) is 0. The summed E-state index contributed by atoms with van der Waals surface area (Å²) < 4.78 is 0. The number of benzene rings is 1. The number of aryl methyl sites for hydroxylation is 1. The van der Waals surface area contributed by atoms with Gasteiger partial charge in [-0.2, -0.15) is 0 Å². The highest BCUT2D eigenvalue weighted by Gasteiger charge is 2.26. The molecule has 5 heteroatoms. The molecule has 2 aromatic rings. The number of rotatable bonds is 4. The monoisotopic (exact) mass is 380 g/mol. The summed E-state index contributed by atoms with van der Waals surface area (Å²) in [5.41, 5.74) is 3.55. The minimum absolute atomic E-state index is 0.356. The van der Waals surface area contributed by atoms with Gasteiger partial charge in [0.1, 0.15) is 0 Å². The molecule has 2 aliphatic heterocycles. The number of piperazine rings is 1. The third-order valence-electron chi connectivity index (χ3n) is 6.38. The number of carbonyl (C=O) groups excluding carboxylic acids is 1. The number of para-hydroxylation sites is 1. The second kappa shape index (κ2) is 8.48. The molecule has 0 spiro atoms. The summed E-state index contributed by atoms with van der Waals surface area (Å²) in [4.78, 5) is 24.3. The molecular formula is C23H32N4O. The van der Waals surface area contributed by atoms with Gasteiger partial charge in [-0.05, 0) is 44.4 Å². The first-order chi connectivity index (χ1) is 13.6. The maximum Gasteiger partial charge on any atom is 0.222 e. The van der Waals surface area contributed by atoms with Crippen molar-refractivity contribution in [1.82, 2.24) is 14.8 Å². The molecule has 2 aliphatic rings. The highest BCUT2D eigenvalue weighted by Crippen LogP contribution is 2.31. The fraction of sp³-hybridized carbons (Fsp3) is 0.565. The van der Waals surface area contributed by atoms with Gasteiger partial charge in [0.2, 0.25) is 5.91 Å². The van der Waals surface area contributed by atoms with E-state index in [9.17, 15) is 4.79 Å². The summed E-state index contributed by atoms with van der Waals surface area (Å²) in [5, 5.41) is 1.24. The number of fused-ring (bicyclic) bond motifs is 1. The molecule has 0 aliphatic carbocycles. The third kappa shape index (κ3) is 4.14. The fourth-order valence-electron chi connectivity index (χ4n) is 4.46. The normalized spacial score (nSPS) is 19.4. The van der Waals surface area contributed by atoms with E-state index in [1.807, 2.05) is 0 Å². The first-order valence-corrected chi connectivity index (χ1v) is 10.7. The van der Waals surface area contributed by atoms with Gasteiger partial charge >= 0.3 is 0 Å². The zero-order chi connectivity index (χ0) is 19.5. The Balaban J connectivity index is 1.39. The number of amides is 1. The lowest BCUT2D eigenvalue weighted by molar-refractivity contribution is -0.133. The van der Waals surface area contributed by atoms with Gasteiger partial charge in [-0.15, -0.1) is 0 Å². The van der Waals surface area contributed by atoms with Crippen molar-refractivity contribution in [3.63, 3.8) is 0 Å². The number of carbonyl (C=O) groups is 1. The Morgan fingerprint density at radius 1 is 1.07 bits per heavy atom. The van der Waals surface area contributed by atoms with E-state index in [1.165, 1.54) is 11.1 Å². The van der Waals surface area contributed by atoms with E-state index < -0.39 is 0 Å². The van der Waals surface area contributed by atoms with Crippen molar-refractivity contribution >= 4 is 22.5 Å². The van der Waals surface area contributed by atoms with Crippen LogP contribution in [0.5, 0.6) is 0 Å². The molecule has 0 N–H and O–H groups in total. The third-order valence-corrected chi connectivity index (χ3v) is 6.38. The summed E-state index contributed by atoms with van der Waals surface area (Å²) in [6.07, 6.45) is 3.86. The maximum absolute atomic E-state index is 12.7. The van der Waals surface area contributed by atoms with Gasteiger partial charge < -0.3 is 14.7 Å². The van der Waals surface area contributed by atoms with Crippen molar-refractivity contribution in [2.24, 2.45) is 5.92 Å². The number of nitrogens with zero attached hydrogens (tertiary/aromatic N) is 4. The van der Waals surface area contributed by atoms with Gasteiger partial charge in [0, 0.05) is 62.5 Å². The van der Waals surface area contributed by atoms with Crippen molar-refractivity contribution < 1.29 is 4.79 Å². The number of hydrogen-bond acceptors (Lipinski definition) is 4. The van der Waals surface area contributed by atoms with E-state index in [2.05, 4.69) is 59.0 Å². The lowest BCUT2D eigenvalue weighted by Crippen LogP contribution is -2.47. The Morgan fingerprint density at radius 2 is 1.79 bits per heavy atom. The van der Waals surface area contributed by atoms with Crippen molar-refractivity contribution in [3.05, 3.63) is 36.0 Å². The molecule has 28 heavy (non-hydrogen) atoms. The van der Waals surface area contributed by atoms with Crippen LogP contribution in [0.1, 0.15) is 31.9 Å². The molecule has 4 rings (SSSR count). The molecule has 0 saturated carbocycles. The molecule has 3 heterocycles. The molecule has 2 fully saturated rings. The summed E-state index contributed by atoms with van der Waals surface area (Å²) in [6, 6.07) is 10.7. The number of likely N-dealkylation sites (N-methyl/N-ethyl adjacent to an activating group) is 1. The van der Waals surface area contributed by atoms with Crippen LogP contribution in [-0.2, 0) is 11.2 Å². The van der Waals surface area contributed by atoms with Gasteiger partial charge in [-0.3, -0.25) is 9.78 Å². The molecule has 0 bridgehead atoms. The van der Waals surface area contributed by atoms with Gasteiger partial charge in [-0.25, -0.2) is 0 Å². The van der Waals surface area contributed by atoms with Crippen molar-refractivity contribution in [3.8, 4) is 0 Å². The quantitative estimate of drug-likeness (QED) is 0.817. The van der Waals surface area contributed by atoms with Crippen LogP contribution in [-0.4, -0.2) is 67.0 Å². The standard InChI is InChI=1S/C23H32N4O/c1-3-19-17-22(20-6-4-5-7-21(20)24-19)26-10-8-18(9-11-26)16-23(28)27-14-12-25(2)13-15-27/h4-7,17-18H,3,8-16H2,1-2H3. The van der Waals surface area contributed by atoms with Crippen LogP contribution < -0.4 is 4.90 Å². The average molecular weight is 381 g/mol. The second-order valence-electron chi connectivity index (χ2n) is 8.32. The van der Waals surface area contributed by atoms with Crippen LogP contribution in [0.3, 0.4) is 0 Å². The number of anilines is 1. The molecule has 2 saturated heterocycles. The van der Waals surface area contributed by atoms with Gasteiger partial charge in [0.15, 0.2) is 0 Å². The molecule has 1 aromatic heterocycles. The summed E-state index contributed by atoms with van der Waals surface area (Å²) in [7, 11) is 2.13. The van der Waals surface area contributed by atoms with Crippen LogP contribution in [0.2, 0.25) is 0 Å². The molecule has 5 nitrogen and oxygen atoms in total. The van der Waals surface area contributed by atoms with E-state index in [0.29, 0.717) is 11.8 Å². The Bertz CT molecular complexity index is 820. The van der Waals surface area contributed by atoms with E-state index in [1.54, 1.807) is 0 Å². The zero-order valence-corrected chi connectivity index (χ0v) is 17.2. The van der Waals surface area contributed by atoms with Crippen LogP contribution in [0.4, 0.5) is 5.69 Å². The Hall–Kier alpha value is -2.14. The van der Waals surface area contributed by atoms with Crippen molar-refractivity contribution in [2.75, 3.05) is 51.2 Å². The predicted octanol–water partition coefficient (Wildman–Crippen LogP) is 3.18. The lowest BCUT2D eigenvalue weighted by Gasteiger charge is -2.36. The SMILES string of the molecule is CCc1cc(N2CCC(CC(=O)N3CCN(C)CC3)CC2)c2ccccc2n1. The molecule has 0 unspecified atom stereocenters. The highest BCUT2D eigenvalue weighted by molar-refractivity contribution is 5.92. The molecule has 0 radical (unpaired) electrons. The molecule has 150 valence electrons. The average Bonchev–Trinajstić information content (AvgIpc) is 2.74. The van der Waals surface area contributed by atoms with E-state index in [0.717, 1.165) is 76.2 Å². The largest absolute Gasteiger partial charge is 0.371 e. The van der Waals surface area contributed by atoms with Crippen LogP contribution in [0, 0.1) is 5.92 Å². The first kappa shape index (κ1) is 19.2. The zero-order valence-electron chi connectivity index (χ0n) is 17.2. The topological polar surface area (TPSA) is 39.7 Å². The first-order valence-electron chi connectivity index (χ1n) is 10.7. The van der Waals surface area contributed by atoms with Crippen LogP contribution in [0.15, 0.2) is 30.3 Å². The maximum atomic E-state index is 12.7. The lowest BCUT2D eigenvalue weighted by atomic mass is 9.92. The second-order valence-corrected chi connectivity index (χ2v) is 8.32. The summed E-state index contributed by atoms with van der Waals surface area (Å²) in [6.45, 7) is 7.98. The summed E-state index contributed by atoms with van der Waals surface area (Å²) >= 11 is 0. The number of aromatic nitrogens is 1. The smallest absolute Gasteiger partial charge is 0.222 e. The van der Waals surface area contributed by atoms with Gasteiger partial charge in [0.05, 0.1) is 5.52 Å². The van der Waals surface area contributed by atoms with E-state index >= 15 is 0 Å². The number of pyridine rings is 1. The minimum Gasteiger partial charge on any atom is -0.371 e. The van der Waals surface area contributed by atoms with Gasteiger partial charge in [0.25, 0.3) is 0 Å². The minimum atomic E-state index is 0.356. The molecule has 0 atom stereocenters. The highest BCUT2D eigenvalue weighted by atomic mass is 16.2. The van der Waals surface area contributed by atoms with Crippen molar-refractivity contribution in [1.29, 1.82) is 0 Å². The molecular weight excluding hydrogens is 348 g/mol. The van der Waals surface area contributed by atoms with E-state index in [-0.39, 0.29) is 0 Å². The fourth-order valence-corrected chi connectivity index (χ4v) is 4.46. The van der Waals surface area contributed by atoms with Crippen LogP contribution in [0.25, 0.3) is 10.9 Å². The molecule has 1 aromatic carbocycles.